The molecule has 116 valence electrons. The second kappa shape index (κ2) is 6.30. The van der Waals surface area contributed by atoms with Crippen molar-refractivity contribution in [3.05, 3.63) is 29.6 Å². The van der Waals surface area contributed by atoms with E-state index in [9.17, 15) is 4.39 Å². The molecule has 1 aromatic rings. The number of hydrogen-bond acceptors (Lipinski definition) is 4. The number of anilines is 1. The van der Waals surface area contributed by atoms with Crippen molar-refractivity contribution >= 4 is 5.69 Å². The fourth-order valence-electron chi connectivity index (χ4n) is 3.38. The summed E-state index contributed by atoms with van der Waals surface area (Å²) in [6.07, 6.45) is 1.15. The number of hydrogen-bond donors (Lipinski definition) is 1. The third-order valence-electron chi connectivity index (χ3n) is 4.55. The SMILES string of the molecule is C[C@@H](N)c1cc(F)ccc1N1CCC(N2CCOCC2)C1. The number of ether oxygens (including phenoxy) is 1. The zero-order chi connectivity index (χ0) is 14.8. The van der Waals surface area contributed by atoms with Crippen LogP contribution in [0, 0.1) is 5.82 Å². The fraction of sp³-hybridized carbons (Fsp3) is 0.625. The van der Waals surface area contributed by atoms with E-state index in [-0.39, 0.29) is 11.9 Å². The summed E-state index contributed by atoms with van der Waals surface area (Å²) in [6.45, 7) is 7.60. The lowest BCUT2D eigenvalue weighted by molar-refractivity contribution is 0.0209. The normalized spacial score (nSPS) is 25.3. The highest BCUT2D eigenvalue weighted by molar-refractivity contribution is 5.56. The summed E-state index contributed by atoms with van der Waals surface area (Å²) in [5, 5.41) is 0. The number of benzene rings is 1. The van der Waals surface area contributed by atoms with Crippen molar-refractivity contribution < 1.29 is 9.13 Å². The third kappa shape index (κ3) is 3.20. The van der Waals surface area contributed by atoms with Gasteiger partial charge in [-0.05, 0) is 37.1 Å². The predicted octanol–water partition coefficient (Wildman–Crippen LogP) is 1.76. The maximum atomic E-state index is 13.5. The molecule has 2 heterocycles. The molecule has 0 bridgehead atoms. The van der Waals surface area contributed by atoms with Crippen LogP contribution in [0.2, 0.25) is 0 Å². The molecule has 0 aliphatic carbocycles. The van der Waals surface area contributed by atoms with E-state index < -0.39 is 0 Å². The Labute approximate surface area is 125 Å². The first-order valence-corrected chi connectivity index (χ1v) is 7.77. The molecule has 2 N–H and O–H groups in total. The molecule has 1 aromatic carbocycles. The number of halogens is 1. The van der Waals surface area contributed by atoms with Crippen molar-refractivity contribution in [2.75, 3.05) is 44.3 Å². The van der Waals surface area contributed by atoms with Gasteiger partial charge in [0, 0.05) is 44.0 Å². The highest BCUT2D eigenvalue weighted by Gasteiger charge is 2.30. The van der Waals surface area contributed by atoms with Crippen LogP contribution in [-0.2, 0) is 4.74 Å². The van der Waals surface area contributed by atoms with E-state index in [1.807, 2.05) is 13.0 Å². The highest BCUT2D eigenvalue weighted by Crippen LogP contribution is 2.30. The van der Waals surface area contributed by atoms with E-state index >= 15 is 0 Å². The fourth-order valence-corrected chi connectivity index (χ4v) is 3.38. The molecule has 4 nitrogen and oxygen atoms in total. The smallest absolute Gasteiger partial charge is 0.123 e. The monoisotopic (exact) mass is 293 g/mol. The molecule has 1 unspecified atom stereocenters. The molecule has 0 radical (unpaired) electrons. The van der Waals surface area contributed by atoms with Gasteiger partial charge >= 0.3 is 0 Å². The van der Waals surface area contributed by atoms with Gasteiger partial charge in [0.15, 0.2) is 0 Å². The Balaban J connectivity index is 1.73. The van der Waals surface area contributed by atoms with Gasteiger partial charge < -0.3 is 15.4 Å². The second-order valence-electron chi connectivity index (χ2n) is 6.03. The van der Waals surface area contributed by atoms with E-state index in [2.05, 4.69) is 9.80 Å². The highest BCUT2D eigenvalue weighted by atomic mass is 19.1. The van der Waals surface area contributed by atoms with Gasteiger partial charge in [0.2, 0.25) is 0 Å². The first-order chi connectivity index (χ1) is 10.1. The third-order valence-corrected chi connectivity index (χ3v) is 4.55. The van der Waals surface area contributed by atoms with Gasteiger partial charge in [-0.2, -0.15) is 0 Å². The number of rotatable bonds is 3. The summed E-state index contributed by atoms with van der Waals surface area (Å²) in [4.78, 5) is 4.86. The molecule has 0 saturated carbocycles. The van der Waals surface area contributed by atoms with Crippen molar-refractivity contribution in [2.45, 2.75) is 25.4 Å². The van der Waals surface area contributed by atoms with E-state index in [4.69, 9.17) is 10.5 Å². The van der Waals surface area contributed by atoms with Crippen molar-refractivity contribution in [3.8, 4) is 0 Å². The molecular formula is C16H24FN3O. The van der Waals surface area contributed by atoms with Crippen molar-refractivity contribution in [3.63, 3.8) is 0 Å². The summed E-state index contributed by atoms with van der Waals surface area (Å²) >= 11 is 0. The minimum absolute atomic E-state index is 0.155. The molecule has 2 fully saturated rings. The van der Waals surface area contributed by atoms with E-state index in [0.29, 0.717) is 6.04 Å². The molecule has 2 aliphatic heterocycles. The van der Waals surface area contributed by atoms with Crippen LogP contribution < -0.4 is 10.6 Å². The largest absolute Gasteiger partial charge is 0.379 e. The molecule has 5 heteroatoms. The van der Waals surface area contributed by atoms with Crippen LogP contribution in [0.1, 0.15) is 24.9 Å². The lowest BCUT2D eigenvalue weighted by Gasteiger charge is -2.32. The Bertz CT molecular complexity index is 488. The number of morpholine rings is 1. The molecule has 3 rings (SSSR count). The van der Waals surface area contributed by atoms with Crippen molar-refractivity contribution in [2.24, 2.45) is 5.73 Å². The van der Waals surface area contributed by atoms with Crippen LogP contribution in [0.4, 0.5) is 10.1 Å². The average molecular weight is 293 g/mol. The lowest BCUT2D eigenvalue weighted by atomic mass is 10.1. The quantitative estimate of drug-likeness (QED) is 0.922. The minimum atomic E-state index is -0.213. The molecule has 0 spiro atoms. The molecular weight excluding hydrogens is 269 g/mol. The molecule has 0 amide bonds. The van der Waals surface area contributed by atoms with Gasteiger partial charge in [0.05, 0.1) is 13.2 Å². The Morgan fingerprint density at radius 2 is 2.05 bits per heavy atom. The summed E-state index contributed by atoms with van der Waals surface area (Å²) in [6, 6.07) is 5.39. The number of nitrogens with zero attached hydrogens (tertiary/aromatic N) is 2. The van der Waals surface area contributed by atoms with Gasteiger partial charge in [-0.25, -0.2) is 4.39 Å². The van der Waals surface area contributed by atoms with E-state index in [1.54, 1.807) is 6.07 Å². The van der Waals surface area contributed by atoms with Crippen LogP contribution in [0.3, 0.4) is 0 Å². The molecule has 2 saturated heterocycles. The first kappa shape index (κ1) is 14.8. The summed E-state index contributed by atoms with van der Waals surface area (Å²) < 4.78 is 18.9. The maximum absolute atomic E-state index is 13.5. The summed E-state index contributed by atoms with van der Waals surface area (Å²) in [5.74, 6) is -0.213. The molecule has 21 heavy (non-hydrogen) atoms. The zero-order valence-corrected chi connectivity index (χ0v) is 12.6. The molecule has 2 atom stereocenters. The lowest BCUT2D eigenvalue weighted by Crippen LogP contribution is -2.44. The van der Waals surface area contributed by atoms with E-state index in [0.717, 1.165) is 57.1 Å². The van der Waals surface area contributed by atoms with Gasteiger partial charge in [-0.1, -0.05) is 0 Å². The van der Waals surface area contributed by atoms with Crippen LogP contribution in [0.15, 0.2) is 18.2 Å². The van der Waals surface area contributed by atoms with Gasteiger partial charge in [-0.15, -0.1) is 0 Å². The van der Waals surface area contributed by atoms with Crippen LogP contribution >= 0.6 is 0 Å². The Morgan fingerprint density at radius 3 is 2.76 bits per heavy atom. The average Bonchev–Trinajstić information content (AvgIpc) is 2.97. The molecule has 0 aromatic heterocycles. The van der Waals surface area contributed by atoms with Gasteiger partial charge in [-0.3, -0.25) is 4.90 Å². The maximum Gasteiger partial charge on any atom is 0.123 e. The van der Waals surface area contributed by atoms with Crippen LogP contribution in [-0.4, -0.2) is 50.3 Å². The topological polar surface area (TPSA) is 41.7 Å². The Kier molecular flexibility index (Phi) is 4.42. The van der Waals surface area contributed by atoms with Crippen LogP contribution in [0.25, 0.3) is 0 Å². The summed E-state index contributed by atoms with van der Waals surface area (Å²) in [7, 11) is 0. The minimum Gasteiger partial charge on any atom is -0.379 e. The van der Waals surface area contributed by atoms with Crippen molar-refractivity contribution in [1.82, 2.24) is 4.90 Å². The standard InChI is InChI=1S/C16H24FN3O/c1-12(18)15-10-13(17)2-3-16(15)20-5-4-14(11-20)19-6-8-21-9-7-19/h2-3,10,12,14H,4-9,11,18H2,1H3/t12-,14?/m1/s1. The molecule has 2 aliphatic rings. The number of nitrogens with two attached hydrogens (primary N) is 1. The van der Waals surface area contributed by atoms with Gasteiger partial charge in [0.25, 0.3) is 0 Å². The Hall–Kier alpha value is -1.17. The van der Waals surface area contributed by atoms with Crippen LogP contribution in [0.5, 0.6) is 0 Å². The Morgan fingerprint density at radius 1 is 1.29 bits per heavy atom. The first-order valence-electron chi connectivity index (χ1n) is 7.77. The second-order valence-corrected chi connectivity index (χ2v) is 6.03. The van der Waals surface area contributed by atoms with Crippen molar-refractivity contribution in [1.29, 1.82) is 0 Å². The van der Waals surface area contributed by atoms with E-state index in [1.165, 1.54) is 6.07 Å². The summed E-state index contributed by atoms with van der Waals surface area (Å²) in [5.41, 5.74) is 7.99. The van der Waals surface area contributed by atoms with Gasteiger partial charge in [0.1, 0.15) is 5.82 Å². The predicted molar refractivity (Wildman–Crippen MR) is 82.0 cm³/mol. The zero-order valence-electron chi connectivity index (χ0n) is 12.6.